The standard InChI is InChI=1S/C13H26N2O/c1-10-4-7-15(8-5-11(2)14-10)13-6-9-16-12(13)3/h10-14H,4-9H2,1-3H3. The van der Waals surface area contributed by atoms with Crippen molar-refractivity contribution in [2.45, 2.75) is 64.3 Å². The molecule has 2 aliphatic heterocycles. The molecule has 3 heteroatoms. The van der Waals surface area contributed by atoms with E-state index >= 15 is 0 Å². The van der Waals surface area contributed by atoms with E-state index in [1.54, 1.807) is 0 Å². The van der Waals surface area contributed by atoms with Crippen LogP contribution in [0.4, 0.5) is 0 Å². The zero-order valence-corrected chi connectivity index (χ0v) is 10.9. The van der Waals surface area contributed by atoms with Crippen molar-refractivity contribution in [1.82, 2.24) is 10.2 Å². The monoisotopic (exact) mass is 226 g/mol. The van der Waals surface area contributed by atoms with Gasteiger partial charge < -0.3 is 10.1 Å². The van der Waals surface area contributed by atoms with Crippen LogP contribution in [0.1, 0.15) is 40.0 Å². The third-order valence-corrected chi connectivity index (χ3v) is 4.07. The smallest absolute Gasteiger partial charge is 0.0703 e. The van der Waals surface area contributed by atoms with E-state index < -0.39 is 0 Å². The second-order valence-electron chi connectivity index (χ2n) is 5.51. The minimum absolute atomic E-state index is 0.429. The van der Waals surface area contributed by atoms with E-state index in [4.69, 9.17) is 4.74 Å². The van der Waals surface area contributed by atoms with Gasteiger partial charge in [0.05, 0.1) is 6.10 Å². The third-order valence-electron chi connectivity index (χ3n) is 4.07. The van der Waals surface area contributed by atoms with Crippen LogP contribution < -0.4 is 5.32 Å². The van der Waals surface area contributed by atoms with Crippen LogP contribution in [0.2, 0.25) is 0 Å². The van der Waals surface area contributed by atoms with Gasteiger partial charge in [-0.15, -0.1) is 0 Å². The van der Waals surface area contributed by atoms with Gasteiger partial charge in [0.15, 0.2) is 0 Å². The molecule has 0 spiro atoms. The summed E-state index contributed by atoms with van der Waals surface area (Å²) in [6.45, 7) is 10.2. The van der Waals surface area contributed by atoms with Crippen LogP contribution in [0.3, 0.4) is 0 Å². The van der Waals surface area contributed by atoms with Gasteiger partial charge in [0.25, 0.3) is 0 Å². The Morgan fingerprint density at radius 3 is 2.12 bits per heavy atom. The zero-order chi connectivity index (χ0) is 11.5. The van der Waals surface area contributed by atoms with E-state index in [-0.39, 0.29) is 0 Å². The van der Waals surface area contributed by atoms with Crippen LogP contribution in [0.25, 0.3) is 0 Å². The van der Waals surface area contributed by atoms with Crippen molar-refractivity contribution >= 4 is 0 Å². The molecular weight excluding hydrogens is 200 g/mol. The van der Waals surface area contributed by atoms with Gasteiger partial charge in [-0.1, -0.05) is 0 Å². The molecular formula is C13H26N2O. The molecule has 2 fully saturated rings. The van der Waals surface area contributed by atoms with Crippen molar-refractivity contribution in [1.29, 1.82) is 0 Å². The minimum Gasteiger partial charge on any atom is -0.377 e. The van der Waals surface area contributed by atoms with Gasteiger partial charge in [-0.05, 0) is 40.0 Å². The lowest BCUT2D eigenvalue weighted by molar-refractivity contribution is 0.0671. The molecule has 0 saturated carbocycles. The molecule has 0 radical (unpaired) electrons. The summed E-state index contributed by atoms with van der Waals surface area (Å²) in [5.41, 5.74) is 0. The molecule has 16 heavy (non-hydrogen) atoms. The molecule has 4 atom stereocenters. The SMILES string of the molecule is CC1CCN(C2CCOC2C)CCC(C)N1. The highest BCUT2D eigenvalue weighted by atomic mass is 16.5. The highest BCUT2D eigenvalue weighted by Gasteiger charge is 2.30. The second-order valence-corrected chi connectivity index (χ2v) is 5.51. The number of nitrogens with one attached hydrogen (secondary N) is 1. The lowest BCUT2D eigenvalue weighted by Crippen LogP contribution is -2.48. The predicted octanol–water partition coefficient (Wildman–Crippen LogP) is 1.63. The number of nitrogens with zero attached hydrogens (tertiary/aromatic N) is 1. The molecule has 3 nitrogen and oxygen atoms in total. The first-order valence-electron chi connectivity index (χ1n) is 6.78. The summed E-state index contributed by atoms with van der Waals surface area (Å²) in [6, 6.07) is 1.96. The van der Waals surface area contributed by atoms with Crippen molar-refractivity contribution in [3.05, 3.63) is 0 Å². The molecule has 0 aromatic heterocycles. The van der Waals surface area contributed by atoms with Crippen LogP contribution in [0, 0.1) is 0 Å². The molecule has 0 amide bonds. The second kappa shape index (κ2) is 5.48. The summed E-state index contributed by atoms with van der Waals surface area (Å²) in [5, 5.41) is 3.65. The average Bonchev–Trinajstić information content (AvgIpc) is 2.62. The quantitative estimate of drug-likeness (QED) is 0.735. The Bertz CT molecular complexity index is 210. The molecule has 2 heterocycles. The van der Waals surface area contributed by atoms with Gasteiger partial charge in [-0.3, -0.25) is 4.90 Å². The third kappa shape index (κ3) is 2.96. The Kier molecular flexibility index (Phi) is 4.22. The minimum atomic E-state index is 0.429. The van der Waals surface area contributed by atoms with Gasteiger partial charge in [-0.25, -0.2) is 0 Å². The fraction of sp³-hybridized carbons (Fsp3) is 1.00. The fourth-order valence-electron chi connectivity index (χ4n) is 3.01. The summed E-state index contributed by atoms with van der Waals surface area (Å²) in [7, 11) is 0. The van der Waals surface area contributed by atoms with Crippen LogP contribution >= 0.6 is 0 Å². The summed E-state index contributed by atoms with van der Waals surface area (Å²) in [6.07, 6.45) is 4.16. The maximum Gasteiger partial charge on any atom is 0.0703 e. The van der Waals surface area contributed by atoms with E-state index in [1.807, 2.05) is 0 Å². The van der Waals surface area contributed by atoms with E-state index in [1.165, 1.54) is 32.4 Å². The van der Waals surface area contributed by atoms with Crippen molar-refractivity contribution < 1.29 is 4.74 Å². The van der Waals surface area contributed by atoms with E-state index in [2.05, 4.69) is 31.0 Å². The number of hydrogen-bond acceptors (Lipinski definition) is 3. The van der Waals surface area contributed by atoms with Gasteiger partial charge in [0.1, 0.15) is 0 Å². The summed E-state index contributed by atoms with van der Waals surface area (Å²) >= 11 is 0. The van der Waals surface area contributed by atoms with Crippen molar-refractivity contribution in [2.24, 2.45) is 0 Å². The molecule has 0 aromatic carbocycles. The average molecular weight is 226 g/mol. The molecule has 2 saturated heterocycles. The Morgan fingerprint density at radius 1 is 1.00 bits per heavy atom. The van der Waals surface area contributed by atoms with Gasteiger partial charge >= 0.3 is 0 Å². The Balaban J connectivity index is 1.92. The molecule has 0 aromatic rings. The van der Waals surface area contributed by atoms with E-state index in [0.29, 0.717) is 24.2 Å². The molecule has 2 aliphatic rings. The van der Waals surface area contributed by atoms with E-state index in [0.717, 1.165) is 6.61 Å². The molecule has 2 rings (SSSR count). The van der Waals surface area contributed by atoms with Crippen molar-refractivity contribution in [3.8, 4) is 0 Å². The molecule has 0 bridgehead atoms. The number of ether oxygens (including phenoxy) is 1. The topological polar surface area (TPSA) is 24.5 Å². The highest BCUT2D eigenvalue weighted by Crippen LogP contribution is 2.21. The van der Waals surface area contributed by atoms with Crippen LogP contribution in [-0.2, 0) is 4.74 Å². The molecule has 1 N–H and O–H groups in total. The predicted molar refractivity (Wildman–Crippen MR) is 66.7 cm³/mol. The zero-order valence-electron chi connectivity index (χ0n) is 10.9. The number of rotatable bonds is 1. The fourth-order valence-corrected chi connectivity index (χ4v) is 3.01. The van der Waals surface area contributed by atoms with Crippen molar-refractivity contribution in [3.63, 3.8) is 0 Å². The van der Waals surface area contributed by atoms with Crippen LogP contribution in [0.5, 0.6) is 0 Å². The summed E-state index contributed by atoms with van der Waals surface area (Å²) < 4.78 is 5.69. The maximum absolute atomic E-state index is 5.69. The normalized spacial score (nSPS) is 42.9. The van der Waals surface area contributed by atoms with Crippen LogP contribution in [0.15, 0.2) is 0 Å². The Labute approximate surface area is 99.5 Å². The largest absolute Gasteiger partial charge is 0.377 e. The molecule has 94 valence electrons. The van der Waals surface area contributed by atoms with E-state index in [9.17, 15) is 0 Å². The maximum atomic E-state index is 5.69. The Hall–Kier alpha value is -0.120. The lowest BCUT2D eigenvalue weighted by Gasteiger charge is -2.35. The summed E-state index contributed by atoms with van der Waals surface area (Å²) in [4.78, 5) is 2.66. The first-order valence-corrected chi connectivity index (χ1v) is 6.78. The van der Waals surface area contributed by atoms with Gasteiger partial charge in [-0.2, -0.15) is 0 Å². The summed E-state index contributed by atoms with van der Waals surface area (Å²) in [5.74, 6) is 0. The van der Waals surface area contributed by atoms with Gasteiger partial charge in [0, 0.05) is 37.8 Å². The van der Waals surface area contributed by atoms with Crippen molar-refractivity contribution in [2.75, 3.05) is 19.7 Å². The Morgan fingerprint density at radius 2 is 1.62 bits per heavy atom. The lowest BCUT2D eigenvalue weighted by atomic mass is 10.0. The van der Waals surface area contributed by atoms with Crippen LogP contribution in [-0.4, -0.2) is 48.8 Å². The first-order chi connectivity index (χ1) is 7.66. The highest BCUT2D eigenvalue weighted by molar-refractivity contribution is 4.85. The number of hydrogen-bond donors (Lipinski definition) is 1. The first kappa shape index (κ1) is 12.3. The molecule has 4 unspecified atom stereocenters. The van der Waals surface area contributed by atoms with Gasteiger partial charge in [0.2, 0.25) is 0 Å². The molecule has 0 aliphatic carbocycles.